The first-order chi connectivity index (χ1) is 11.4. The van der Waals surface area contributed by atoms with Crippen LogP contribution in [0, 0.1) is 20.8 Å². The van der Waals surface area contributed by atoms with E-state index < -0.39 is 5.97 Å². The van der Waals surface area contributed by atoms with Gasteiger partial charge in [0.15, 0.2) is 6.61 Å². The Morgan fingerprint density at radius 3 is 2.54 bits per heavy atom. The lowest BCUT2D eigenvalue weighted by Crippen LogP contribution is -2.15. The van der Waals surface area contributed by atoms with Crippen molar-refractivity contribution in [2.75, 3.05) is 6.61 Å². The van der Waals surface area contributed by atoms with Crippen molar-refractivity contribution in [1.29, 1.82) is 0 Å². The number of benzene rings is 1. The van der Waals surface area contributed by atoms with Crippen LogP contribution in [0.5, 0.6) is 5.75 Å². The third-order valence-electron chi connectivity index (χ3n) is 4.11. The minimum absolute atomic E-state index is 0.0688. The molecule has 0 aliphatic rings. The quantitative estimate of drug-likeness (QED) is 0.650. The number of phenols is 1. The second-order valence-electron chi connectivity index (χ2n) is 5.91. The lowest BCUT2D eigenvalue weighted by atomic mass is 10.1. The average molecular weight is 329 g/mol. The summed E-state index contributed by atoms with van der Waals surface area (Å²) >= 11 is 0. The molecule has 0 saturated carbocycles. The number of carbonyl (C=O) groups excluding carboxylic acids is 2. The van der Waals surface area contributed by atoms with Gasteiger partial charge in [-0.1, -0.05) is 19.1 Å². The van der Waals surface area contributed by atoms with Gasteiger partial charge in [0.25, 0.3) is 0 Å². The molecular weight excluding hydrogens is 306 g/mol. The molecule has 1 N–H and O–H groups in total. The van der Waals surface area contributed by atoms with Crippen molar-refractivity contribution in [3.05, 3.63) is 52.3 Å². The second-order valence-corrected chi connectivity index (χ2v) is 5.91. The minimum atomic E-state index is -0.702. The van der Waals surface area contributed by atoms with Crippen LogP contribution in [0.15, 0.2) is 24.3 Å². The van der Waals surface area contributed by atoms with Gasteiger partial charge in [-0.3, -0.25) is 4.79 Å². The number of aryl methyl sites for hydroxylation is 2. The summed E-state index contributed by atoms with van der Waals surface area (Å²) in [5.74, 6) is -1.06. The molecule has 1 aromatic carbocycles. The van der Waals surface area contributed by atoms with Crippen molar-refractivity contribution in [3.63, 3.8) is 0 Å². The fourth-order valence-electron chi connectivity index (χ4n) is 2.76. The van der Waals surface area contributed by atoms with Gasteiger partial charge in [-0.25, -0.2) is 4.79 Å². The van der Waals surface area contributed by atoms with Gasteiger partial charge >= 0.3 is 5.97 Å². The highest BCUT2D eigenvalue weighted by Crippen LogP contribution is 2.22. The number of para-hydroxylation sites is 1. The van der Waals surface area contributed by atoms with E-state index >= 15 is 0 Å². The van der Waals surface area contributed by atoms with Crippen LogP contribution in [-0.2, 0) is 11.3 Å². The largest absolute Gasteiger partial charge is 0.507 e. The van der Waals surface area contributed by atoms with E-state index in [1.807, 2.05) is 19.9 Å². The number of rotatable bonds is 6. The zero-order chi connectivity index (χ0) is 17.9. The van der Waals surface area contributed by atoms with Crippen molar-refractivity contribution < 1.29 is 19.4 Å². The van der Waals surface area contributed by atoms with Crippen molar-refractivity contribution in [2.45, 2.75) is 40.7 Å². The lowest BCUT2D eigenvalue weighted by molar-refractivity contribution is 0.0471. The van der Waals surface area contributed by atoms with Gasteiger partial charge in [-0.05, 0) is 44.9 Å². The van der Waals surface area contributed by atoms with Crippen LogP contribution in [0.2, 0.25) is 0 Å². The summed E-state index contributed by atoms with van der Waals surface area (Å²) in [6.07, 6.45) is 0.978. The SMILES string of the molecule is CCCn1c(C)cc(C(=O)COC(=O)c2cccc(C)c2O)c1C. The Bertz CT molecular complexity index is 774. The molecule has 128 valence electrons. The molecule has 0 amide bonds. The maximum atomic E-state index is 12.4. The number of aromatic hydroxyl groups is 1. The number of carbonyl (C=O) groups is 2. The standard InChI is InChI=1S/C19H23NO4/c1-5-9-20-13(3)10-16(14(20)4)17(21)11-24-19(23)15-8-6-7-12(2)18(15)22/h6-8,10,22H,5,9,11H2,1-4H3. The van der Waals surface area contributed by atoms with Crippen LogP contribution in [0.1, 0.15) is 51.0 Å². The first kappa shape index (κ1) is 17.8. The van der Waals surface area contributed by atoms with Gasteiger partial charge in [0, 0.05) is 23.5 Å². The predicted molar refractivity (Wildman–Crippen MR) is 91.7 cm³/mol. The molecule has 0 unspecified atom stereocenters. The molecule has 2 rings (SSSR count). The van der Waals surface area contributed by atoms with Gasteiger partial charge in [0.2, 0.25) is 5.78 Å². The molecule has 5 heteroatoms. The van der Waals surface area contributed by atoms with E-state index in [0.29, 0.717) is 11.1 Å². The number of aromatic nitrogens is 1. The maximum absolute atomic E-state index is 12.4. The monoisotopic (exact) mass is 329 g/mol. The molecule has 24 heavy (non-hydrogen) atoms. The predicted octanol–water partition coefficient (Wildman–Crippen LogP) is 3.57. The smallest absolute Gasteiger partial charge is 0.342 e. The first-order valence-electron chi connectivity index (χ1n) is 8.02. The Labute approximate surface area is 141 Å². The summed E-state index contributed by atoms with van der Waals surface area (Å²) in [5.41, 5.74) is 3.12. The number of ketones is 1. The molecule has 0 atom stereocenters. The Morgan fingerprint density at radius 2 is 1.88 bits per heavy atom. The molecule has 0 radical (unpaired) electrons. The Morgan fingerprint density at radius 1 is 1.17 bits per heavy atom. The topological polar surface area (TPSA) is 68.5 Å². The zero-order valence-corrected chi connectivity index (χ0v) is 14.5. The molecule has 0 saturated heterocycles. The third-order valence-corrected chi connectivity index (χ3v) is 4.11. The highest BCUT2D eigenvalue weighted by molar-refractivity contribution is 6.01. The number of hydrogen-bond donors (Lipinski definition) is 1. The molecule has 0 aliphatic carbocycles. The number of ether oxygens (including phenoxy) is 1. The molecule has 0 spiro atoms. The number of Topliss-reactive ketones (excluding diaryl/α,β-unsaturated/α-hetero) is 1. The molecule has 0 fully saturated rings. The van der Waals surface area contributed by atoms with Crippen LogP contribution in [0.4, 0.5) is 0 Å². The van der Waals surface area contributed by atoms with E-state index in [4.69, 9.17) is 4.74 Å². The van der Waals surface area contributed by atoms with Crippen molar-refractivity contribution in [3.8, 4) is 5.75 Å². The van der Waals surface area contributed by atoms with Gasteiger partial charge in [0.05, 0.1) is 0 Å². The maximum Gasteiger partial charge on any atom is 0.342 e. The molecule has 5 nitrogen and oxygen atoms in total. The summed E-state index contributed by atoms with van der Waals surface area (Å²) in [6, 6.07) is 6.65. The number of nitrogens with zero attached hydrogens (tertiary/aromatic N) is 1. The van der Waals surface area contributed by atoms with E-state index in [1.165, 1.54) is 6.07 Å². The van der Waals surface area contributed by atoms with E-state index in [2.05, 4.69) is 11.5 Å². The Hall–Kier alpha value is -2.56. The fourth-order valence-corrected chi connectivity index (χ4v) is 2.76. The highest BCUT2D eigenvalue weighted by Gasteiger charge is 2.19. The fraction of sp³-hybridized carbons (Fsp3) is 0.368. The van der Waals surface area contributed by atoms with Crippen molar-refractivity contribution >= 4 is 11.8 Å². The summed E-state index contributed by atoms with van der Waals surface area (Å²) in [7, 11) is 0. The van der Waals surface area contributed by atoms with Gasteiger partial charge in [0.1, 0.15) is 11.3 Å². The molecule has 2 aromatic rings. The van der Waals surface area contributed by atoms with E-state index in [9.17, 15) is 14.7 Å². The zero-order valence-electron chi connectivity index (χ0n) is 14.5. The summed E-state index contributed by atoms with van der Waals surface area (Å²) < 4.78 is 7.17. The molecule has 1 aromatic heterocycles. The minimum Gasteiger partial charge on any atom is -0.507 e. The van der Waals surface area contributed by atoms with E-state index in [1.54, 1.807) is 19.1 Å². The number of esters is 1. The molecule has 1 heterocycles. The summed E-state index contributed by atoms with van der Waals surface area (Å²) in [4.78, 5) is 24.4. The first-order valence-corrected chi connectivity index (χ1v) is 8.02. The Balaban J connectivity index is 2.10. The lowest BCUT2D eigenvalue weighted by Gasteiger charge is -2.09. The van der Waals surface area contributed by atoms with Crippen LogP contribution in [0.25, 0.3) is 0 Å². The van der Waals surface area contributed by atoms with E-state index in [-0.39, 0.29) is 23.7 Å². The molecular formula is C19H23NO4. The number of hydrogen-bond acceptors (Lipinski definition) is 4. The summed E-state index contributed by atoms with van der Waals surface area (Å²) in [6.45, 7) is 8.13. The average Bonchev–Trinajstić information content (AvgIpc) is 2.83. The summed E-state index contributed by atoms with van der Waals surface area (Å²) in [5, 5.41) is 9.90. The van der Waals surface area contributed by atoms with Crippen LogP contribution < -0.4 is 0 Å². The van der Waals surface area contributed by atoms with Crippen LogP contribution >= 0.6 is 0 Å². The van der Waals surface area contributed by atoms with E-state index in [0.717, 1.165) is 24.4 Å². The molecule has 0 aliphatic heterocycles. The van der Waals surface area contributed by atoms with Crippen molar-refractivity contribution in [1.82, 2.24) is 4.57 Å². The second kappa shape index (κ2) is 7.34. The van der Waals surface area contributed by atoms with Gasteiger partial charge in [-0.2, -0.15) is 0 Å². The highest BCUT2D eigenvalue weighted by atomic mass is 16.5. The van der Waals surface area contributed by atoms with Crippen LogP contribution in [0.3, 0.4) is 0 Å². The number of phenolic OH excluding ortho intramolecular Hbond substituents is 1. The van der Waals surface area contributed by atoms with Gasteiger partial charge < -0.3 is 14.4 Å². The normalized spacial score (nSPS) is 10.7. The van der Waals surface area contributed by atoms with Gasteiger partial charge in [-0.15, -0.1) is 0 Å². The third kappa shape index (κ3) is 3.50. The van der Waals surface area contributed by atoms with Crippen LogP contribution in [-0.4, -0.2) is 28.0 Å². The molecule has 0 bridgehead atoms. The Kier molecular flexibility index (Phi) is 5.44. The van der Waals surface area contributed by atoms with Crippen molar-refractivity contribution in [2.24, 2.45) is 0 Å².